The number of rotatable bonds is 5. The second-order valence-corrected chi connectivity index (χ2v) is 7.79. The maximum Gasteiger partial charge on any atom is 0.246 e. The molecular weight excluding hydrogens is 396 g/mol. The summed E-state index contributed by atoms with van der Waals surface area (Å²) in [6, 6.07) is 15.0. The minimum absolute atomic E-state index is 0.0107. The van der Waals surface area contributed by atoms with Gasteiger partial charge in [0.2, 0.25) is 11.7 Å². The fourth-order valence-electron chi connectivity index (χ4n) is 2.74. The van der Waals surface area contributed by atoms with Crippen molar-refractivity contribution in [3.8, 4) is 11.4 Å². The van der Waals surface area contributed by atoms with Crippen LogP contribution < -0.4 is 0 Å². The number of para-hydroxylation sites is 1. The summed E-state index contributed by atoms with van der Waals surface area (Å²) in [5, 5.41) is 13.7. The SMILES string of the molecule is C[C@H](c1nc2ccccc2s1)N(C)C(=O)Cn1nnc(-c2ccccc2Cl)n1. The minimum atomic E-state index is -0.156. The van der Waals surface area contributed by atoms with Gasteiger partial charge in [0.15, 0.2) is 0 Å². The zero-order valence-corrected chi connectivity index (χ0v) is 16.9. The highest BCUT2D eigenvalue weighted by atomic mass is 35.5. The standard InChI is InChI=1S/C19H17ClN6OS/c1-12(19-21-15-9-5-6-10-16(15)28-19)25(2)17(27)11-26-23-18(22-24-26)13-7-3-4-8-14(13)20/h3-10,12H,11H2,1-2H3/t12-/m1/s1. The number of nitrogens with zero attached hydrogens (tertiary/aromatic N) is 6. The van der Waals surface area contributed by atoms with Crippen molar-refractivity contribution in [3.63, 3.8) is 0 Å². The van der Waals surface area contributed by atoms with Crippen LogP contribution >= 0.6 is 22.9 Å². The maximum atomic E-state index is 12.7. The predicted molar refractivity (Wildman–Crippen MR) is 109 cm³/mol. The average molecular weight is 413 g/mol. The molecule has 0 unspecified atom stereocenters. The van der Waals surface area contributed by atoms with Crippen molar-refractivity contribution in [1.29, 1.82) is 0 Å². The van der Waals surface area contributed by atoms with Gasteiger partial charge in [-0.1, -0.05) is 35.9 Å². The topological polar surface area (TPSA) is 76.8 Å². The molecule has 1 amide bonds. The highest BCUT2D eigenvalue weighted by Gasteiger charge is 2.22. The predicted octanol–water partition coefficient (Wildman–Crippen LogP) is 3.82. The Morgan fingerprint density at radius 2 is 1.96 bits per heavy atom. The molecule has 0 saturated heterocycles. The van der Waals surface area contributed by atoms with E-state index in [0.29, 0.717) is 16.4 Å². The molecule has 2 aromatic heterocycles. The van der Waals surface area contributed by atoms with Crippen LogP contribution in [-0.4, -0.2) is 43.0 Å². The van der Waals surface area contributed by atoms with Gasteiger partial charge in [0.1, 0.15) is 11.6 Å². The van der Waals surface area contributed by atoms with Crippen molar-refractivity contribution in [2.45, 2.75) is 19.5 Å². The average Bonchev–Trinajstić information content (AvgIpc) is 3.34. The Kier molecular flexibility index (Phi) is 5.06. The van der Waals surface area contributed by atoms with E-state index in [1.165, 1.54) is 4.80 Å². The molecule has 1 atom stereocenters. The van der Waals surface area contributed by atoms with E-state index in [0.717, 1.165) is 15.2 Å². The first-order chi connectivity index (χ1) is 13.5. The van der Waals surface area contributed by atoms with Gasteiger partial charge in [-0.05, 0) is 36.4 Å². The molecule has 0 spiro atoms. The third-order valence-corrected chi connectivity index (χ3v) is 6.02. The second-order valence-electron chi connectivity index (χ2n) is 6.32. The molecule has 2 aromatic carbocycles. The van der Waals surface area contributed by atoms with Gasteiger partial charge in [0.25, 0.3) is 0 Å². The lowest BCUT2D eigenvalue weighted by Gasteiger charge is -2.22. The molecule has 0 saturated carbocycles. The number of carbonyl (C=O) groups excluding carboxylic acids is 1. The van der Waals surface area contributed by atoms with Crippen molar-refractivity contribution in [2.75, 3.05) is 7.05 Å². The fourth-order valence-corrected chi connectivity index (χ4v) is 4.03. The Balaban J connectivity index is 1.48. The molecule has 9 heteroatoms. The van der Waals surface area contributed by atoms with E-state index in [1.54, 1.807) is 29.4 Å². The van der Waals surface area contributed by atoms with Crippen molar-refractivity contribution < 1.29 is 4.79 Å². The molecule has 0 N–H and O–H groups in total. The summed E-state index contributed by atoms with van der Waals surface area (Å²) in [4.78, 5) is 20.3. The van der Waals surface area contributed by atoms with Crippen LogP contribution in [0, 0.1) is 0 Å². The van der Waals surface area contributed by atoms with E-state index in [-0.39, 0.29) is 18.5 Å². The van der Waals surface area contributed by atoms with Crippen molar-refractivity contribution in [2.24, 2.45) is 0 Å². The number of aromatic nitrogens is 5. The van der Waals surface area contributed by atoms with E-state index < -0.39 is 0 Å². The highest BCUT2D eigenvalue weighted by molar-refractivity contribution is 7.18. The van der Waals surface area contributed by atoms with Gasteiger partial charge in [0.05, 0.1) is 21.3 Å². The molecule has 4 rings (SSSR count). The Labute approximate surface area is 170 Å². The van der Waals surface area contributed by atoms with Gasteiger partial charge in [-0.2, -0.15) is 4.80 Å². The Morgan fingerprint density at radius 1 is 1.21 bits per heavy atom. The van der Waals surface area contributed by atoms with Crippen LogP contribution in [0.3, 0.4) is 0 Å². The Bertz CT molecular complexity index is 1110. The summed E-state index contributed by atoms with van der Waals surface area (Å²) < 4.78 is 1.10. The number of likely N-dealkylation sites (N-methyl/N-ethyl adjacent to an activating group) is 1. The number of halogens is 1. The molecule has 0 bridgehead atoms. The van der Waals surface area contributed by atoms with Gasteiger partial charge in [-0.3, -0.25) is 4.79 Å². The normalized spacial score (nSPS) is 12.2. The number of fused-ring (bicyclic) bond motifs is 1. The number of carbonyl (C=O) groups is 1. The molecule has 2 heterocycles. The largest absolute Gasteiger partial charge is 0.335 e. The van der Waals surface area contributed by atoms with Gasteiger partial charge in [-0.25, -0.2) is 4.98 Å². The van der Waals surface area contributed by atoms with Crippen LogP contribution in [-0.2, 0) is 11.3 Å². The quantitative estimate of drug-likeness (QED) is 0.498. The number of benzene rings is 2. The number of hydrogen-bond acceptors (Lipinski definition) is 6. The second kappa shape index (κ2) is 7.65. The third kappa shape index (κ3) is 3.61. The number of hydrogen-bond donors (Lipinski definition) is 0. The van der Waals surface area contributed by atoms with Crippen LogP contribution in [0.2, 0.25) is 5.02 Å². The van der Waals surface area contributed by atoms with Crippen molar-refractivity contribution in [3.05, 3.63) is 58.6 Å². The lowest BCUT2D eigenvalue weighted by atomic mass is 10.2. The summed E-state index contributed by atoms with van der Waals surface area (Å²) in [6.07, 6.45) is 0. The Hall–Kier alpha value is -2.84. The first kappa shape index (κ1) is 18.5. The van der Waals surface area contributed by atoms with Crippen LogP contribution in [0.25, 0.3) is 21.6 Å². The van der Waals surface area contributed by atoms with E-state index in [9.17, 15) is 4.79 Å². The van der Waals surface area contributed by atoms with Gasteiger partial charge in [0, 0.05) is 12.6 Å². The summed E-state index contributed by atoms with van der Waals surface area (Å²) in [6.45, 7) is 1.95. The molecule has 0 fully saturated rings. The molecule has 0 radical (unpaired) electrons. The summed E-state index contributed by atoms with van der Waals surface area (Å²) in [5.74, 6) is 0.259. The fraction of sp³-hybridized carbons (Fsp3) is 0.211. The molecular formula is C19H17ClN6OS. The molecule has 0 aliphatic carbocycles. The smallest absolute Gasteiger partial charge is 0.246 e. The van der Waals surface area contributed by atoms with Gasteiger partial charge in [-0.15, -0.1) is 21.5 Å². The maximum absolute atomic E-state index is 12.7. The van der Waals surface area contributed by atoms with Gasteiger partial charge < -0.3 is 4.90 Å². The lowest BCUT2D eigenvalue weighted by molar-refractivity contribution is -0.132. The van der Waals surface area contributed by atoms with E-state index in [2.05, 4.69) is 20.4 Å². The molecule has 4 aromatic rings. The first-order valence-corrected chi connectivity index (χ1v) is 9.86. The molecule has 7 nitrogen and oxygen atoms in total. The zero-order chi connectivity index (χ0) is 19.7. The zero-order valence-electron chi connectivity index (χ0n) is 15.3. The number of thiazole rings is 1. The van der Waals surface area contributed by atoms with Crippen LogP contribution in [0.4, 0.5) is 0 Å². The number of tetrazole rings is 1. The van der Waals surface area contributed by atoms with Crippen molar-refractivity contribution >= 4 is 39.1 Å². The van der Waals surface area contributed by atoms with E-state index in [1.807, 2.05) is 49.4 Å². The molecule has 0 aliphatic rings. The van der Waals surface area contributed by atoms with Crippen LogP contribution in [0.5, 0.6) is 0 Å². The number of amides is 1. The lowest BCUT2D eigenvalue weighted by Crippen LogP contribution is -2.33. The highest BCUT2D eigenvalue weighted by Crippen LogP contribution is 2.29. The third-order valence-electron chi connectivity index (χ3n) is 4.49. The summed E-state index contributed by atoms with van der Waals surface area (Å²) >= 11 is 7.76. The summed E-state index contributed by atoms with van der Waals surface area (Å²) in [5.41, 5.74) is 1.62. The van der Waals surface area contributed by atoms with Gasteiger partial charge >= 0.3 is 0 Å². The monoisotopic (exact) mass is 412 g/mol. The summed E-state index contributed by atoms with van der Waals surface area (Å²) in [7, 11) is 1.75. The van der Waals surface area contributed by atoms with Crippen LogP contribution in [0.15, 0.2) is 48.5 Å². The van der Waals surface area contributed by atoms with E-state index >= 15 is 0 Å². The van der Waals surface area contributed by atoms with E-state index in [4.69, 9.17) is 11.6 Å². The van der Waals surface area contributed by atoms with Crippen LogP contribution in [0.1, 0.15) is 18.0 Å². The minimum Gasteiger partial charge on any atom is -0.335 e. The molecule has 28 heavy (non-hydrogen) atoms. The van der Waals surface area contributed by atoms with Crippen molar-refractivity contribution in [1.82, 2.24) is 30.1 Å². The first-order valence-electron chi connectivity index (χ1n) is 8.67. The molecule has 142 valence electrons. The Morgan fingerprint density at radius 3 is 2.75 bits per heavy atom. The molecule has 0 aliphatic heterocycles.